The summed E-state index contributed by atoms with van der Waals surface area (Å²) >= 11 is 0. The van der Waals surface area contributed by atoms with Crippen LogP contribution in [0.1, 0.15) is 18.5 Å². The molecule has 1 aliphatic heterocycles. The number of hydrogen-bond donors (Lipinski definition) is 2. The summed E-state index contributed by atoms with van der Waals surface area (Å²) in [7, 11) is 0. The Morgan fingerprint density at radius 2 is 1.91 bits per heavy atom. The Balaban J connectivity index is 1.52. The topological polar surface area (TPSA) is 59.6 Å². The van der Waals surface area contributed by atoms with Gasteiger partial charge in [-0.3, -0.25) is 4.79 Å². The van der Waals surface area contributed by atoms with Gasteiger partial charge in [0.2, 0.25) is 12.7 Å². The van der Waals surface area contributed by atoms with Gasteiger partial charge in [-0.25, -0.2) is 4.39 Å². The lowest BCUT2D eigenvalue weighted by Gasteiger charge is -2.14. The lowest BCUT2D eigenvalue weighted by molar-refractivity contribution is -0.115. The first kappa shape index (κ1) is 15.3. The lowest BCUT2D eigenvalue weighted by atomic mass is 10.1. The third kappa shape index (κ3) is 3.78. The summed E-state index contributed by atoms with van der Waals surface area (Å²) in [6.45, 7) is 2.26. The van der Waals surface area contributed by atoms with Gasteiger partial charge < -0.3 is 20.1 Å². The third-order valence-electron chi connectivity index (χ3n) is 3.60. The molecule has 1 amide bonds. The summed E-state index contributed by atoms with van der Waals surface area (Å²) in [6, 6.07) is 11.4. The Morgan fingerprint density at radius 1 is 1.17 bits per heavy atom. The maximum atomic E-state index is 12.9. The number of carbonyl (C=O) groups is 1. The van der Waals surface area contributed by atoms with Crippen molar-refractivity contribution in [3.63, 3.8) is 0 Å². The van der Waals surface area contributed by atoms with Crippen LogP contribution in [0.4, 0.5) is 10.1 Å². The van der Waals surface area contributed by atoms with Crippen molar-refractivity contribution in [3.05, 3.63) is 53.8 Å². The third-order valence-corrected chi connectivity index (χ3v) is 3.60. The van der Waals surface area contributed by atoms with E-state index in [1.165, 1.54) is 12.1 Å². The minimum absolute atomic E-state index is 0.0573. The number of ether oxygens (including phenoxy) is 2. The molecule has 0 aromatic heterocycles. The molecule has 5 nitrogen and oxygen atoms in total. The molecule has 1 atom stereocenters. The van der Waals surface area contributed by atoms with Gasteiger partial charge in [-0.15, -0.1) is 0 Å². The van der Waals surface area contributed by atoms with Crippen molar-refractivity contribution in [3.8, 4) is 11.5 Å². The molecule has 2 aromatic rings. The highest BCUT2D eigenvalue weighted by Crippen LogP contribution is 2.34. The van der Waals surface area contributed by atoms with Crippen molar-refractivity contribution in [2.75, 3.05) is 18.7 Å². The van der Waals surface area contributed by atoms with Crippen LogP contribution in [-0.4, -0.2) is 19.2 Å². The maximum Gasteiger partial charge on any atom is 0.238 e. The van der Waals surface area contributed by atoms with Gasteiger partial charge in [-0.05, 0) is 36.8 Å². The van der Waals surface area contributed by atoms with Crippen LogP contribution < -0.4 is 20.1 Å². The van der Waals surface area contributed by atoms with Crippen LogP contribution in [0.15, 0.2) is 42.5 Å². The summed E-state index contributed by atoms with van der Waals surface area (Å²) in [5, 5.41) is 5.89. The summed E-state index contributed by atoms with van der Waals surface area (Å²) in [4.78, 5) is 12.0. The van der Waals surface area contributed by atoms with E-state index in [-0.39, 0.29) is 31.1 Å². The Kier molecular flexibility index (Phi) is 4.43. The van der Waals surface area contributed by atoms with Crippen LogP contribution >= 0.6 is 0 Å². The summed E-state index contributed by atoms with van der Waals surface area (Å²) in [5.41, 5.74) is 1.57. The average molecular weight is 316 g/mol. The minimum atomic E-state index is -0.276. The van der Waals surface area contributed by atoms with Gasteiger partial charge in [-0.1, -0.05) is 12.1 Å². The molecule has 0 bridgehead atoms. The quantitative estimate of drug-likeness (QED) is 0.890. The molecular weight excluding hydrogens is 299 g/mol. The van der Waals surface area contributed by atoms with Crippen LogP contribution in [0.5, 0.6) is 11.5 Å². The first-order valence-electron chi connectivity index (χ1n) is 7.30. The smallest absolute Gasteiger partial charge is 0.238 e. The molecule has 3 rings (SSSR count). The molecule has 0 spiro atoms. The lowest BCUT2D eigenvalue weighted by Crippen LogP contribution is -2.30. The standard InChI is InChI=1S/C17H17FN2O3/c1-11(12-2-4-13(18)5-3-12)19-9-17(21)20-14-6-7-15-16(8-14)23-10-22-15/h2-8,11,19H,9-10H2,1H3,(H,20,21). The average Bonchev–Trinajstić information content (AvgIpc) is 3.01. The van der Waals surface area contributed by atoms with E-state index in [1.807, 2.05) is 6.92 Å². The Morgan fingerprint density at radius 3 is 2.70 bits per heavy atom. The fourth-order valence-electron chi connectivity index (χ4n) is 2.29. The zero-order chi connectivity index (χ0) is 16.2. The van der Waals surface area contributed by atoms with Crippen molar-refractivity contribution in [1.82, 2.24) is 5.32 Å². The molecule has 1 heterocycles. The molecule has 1 aliphatic rings. The van der Waals surface area contributed by atoms with Crippen LogP contribution in [0.25, 0.3) is 0 Å². The highest BCUT2D eigenvalue weighted by atomic mass is 19.1. The number of anilines is 1. The number of halogens is 1. The van der Waals surface area contributed by atoms with Crippen molar-refractivity contribution in [2.24, 2.45) is 0 Å². The van der Waals surface area contributed by atoms with Gasteiger partial charge >= 0.3 is 0 Å². The first-order chi connectivity index (χ1) is 11.1. The van der Waals surface area contributed by atoms with Crippen molar-refractivity contribution in [1.29, 1.82) is 0 Å². The minimum Gasteiger partial charge on any atom is -0.454 e. The highest BCUT2D eigenvalue weighted by Gasteiger charge is 2.14. The van der Waals surface area contributed by atoms with Gasteiger partial charge in [-0.2, -0.15) is 0 Å². The second-order valence-corrected chi connectivity index (χ2v) is 5.27. The molecule has 0 fully saturated rings. The first-order valence-corrected chi connectivity index (χ1v) is 7.30. The Labute approximate surface area is 133 Å². The zero-order valence-electron chi connectivity index (χ0n) is 12.6. The predicted octanol–water partition coefficient (Wildman–Crippen LogP) is 2.84. The van der Waals surface area contributed by atoms with Crippen molar-refractivity contribution in [2.45, 2.75) is 13.0 Å². The van der Waals surface area contributed by atoms with Gasteiger partial charge in [0.25, 0.3) is 0 Å². The number of amides is 1. The van der Waals surface area contributed by atoms with E-state index in [0.717, 1.165) is 5.56 Å². The second kappa shape index (κ2) is 6.66. The fraction of sp³-hybridized carbons (Fsp3) is 0.235. The summed E-state index contributed by atoms with van der Waals surface area (Å²) in [6.07, 6.45) is 0. The van der Waals surface area contributed by atoms with E-state index >= 15 is 0 Å². The van der Waals surface area contributed by atoms with Crippen molar-refractivity contribution >= 4 is 11.6 Å². The predicted molar refractivity (Wildman–Crippen MR) is 84.0 cm³/mol. The number of rotatable bonds is 5. The van der Waals surface area contributed by atoms with Gasteiger partial charge in [0.1, 0.15) is 5.82 Å². The molecule has 23 heavy (non-hydrogen) atoms. The van der Waals surface area contributed by atoms with Crippen LogP contribution in [-0.2, 0) is 4.79 Å². The molecular formula is C17H17FN2O3. The molecule has 120 valence electrons. The number of benzene rings is 2. The van der Waals surface area contributed by atoms with E-state index in [4.69, 9.17) is 9.47 Å². The Hall–Kier alpha value is -2.60. The summed E-state index contributed by atoms with van der Waals surface area (Å²) < 4.78 is 23.4. The van der Waals surface area contributed by atoms with E-state index < -0.39 is 0 Å². The molecule has 2 aromatic carbocycles. The van der Waals surface area contributed by atoms with Crippen molar-refractivity contribution < 1.29 is 18.7 Å². The Bertz CT molecular complexity index is 703. The van der Waals surface area contributed by atoms with E-state index in [9.17, 15) is 9.18 Å². The van der Waals surface area contributed by atoms with Crippen LogP contribution in [0.3, 0.4) is 0 Å². The second-order valence-electron chi connectivity index (χ2n) is 5.27. The SMILES string of the molecule is CC(NCC(=O)Nc1ccc2c(c1)OCO2)c1ccc(F)cc1. The number of nitrogens with one attached hydrogen (secondary N) is 2. The largest absolute Gasteiger partial charge is 0.454 e. The van der Waals surface area contributed by atoms with Crippen LogP contribution in [0.2, 0.25) is 0 Å². The summed E-state index contributed by atoms with van der Waals surface area (Å²) in [5.74, 6) is 0.848. The molecule has 0 aliphatic carbocycles. The van der Waals surface area contributed by atoms with E-state index in [0.29, 0.717) is 17.2 Å². The normalized spacial score (nSPS) is 13.7. The van der Waals surface area contributed by atoms with Crippen LogP contribution in [0, 0.1) is 5.82 Å². The zero-order valence-corrected chi connectivity index (χ0v) is 12.6. The molecule has 1 unspecified atom stereocenters. The fourth-order valence-corrected chi connectivity index (χ4v) is 2.29. The van der Waals surface area contributed by atoms with E-state index in [2.05, 4.69) is 10.6 Å². The number of fused-ring (bicyclic) bond motifs is 1. The maximum absolute atomic E-state index is 12.9. The molecule has 0 saturated carbocycles. The van der Waals surface area contributed by atoms with Gasteiger partial charge in [0.05, 0.1) is 6.54 Å². The number of carbonyl (C=O) groups excluding carboxylic acids is 1. The highest BCUT2D eigenvalue weighted by molar-refractivity contribution is 5.92. The number of hydrogen-bond acceptors (Lipinski definition) is 4. The van der Waals surface area contributed by atoms with Gasteiger partial charge in [0.15, 0.2) is 11.5 Å². The van der Waals surface area contributed by atoms with Gasteiger partial charge in [0, 0.05) is 17.8 Å². The molecule has 2 N–H and O–H groups in total. The molecule has 6 heteroatoms. The monoisotopic (exact) mass is 316 g/mol. The van der Waals surface area contributed by atoms with E-state index in [1.54, 1.807) is 30.3 Å². The molecule has 0 radical (unpaired) electrons. The molecule has 0 saturated heterocycles.